The Bertz CT molecular complexity index is 473. The number of hydrogen-bond donors (Lipinski definition) is 1. The molecule has 0 saturated carbocycles. The summed E-state index contributed by atoms with van der Waals surface area (Å²) in [6.45, 7) is 1.97. The van der Waals surface area contributed by atoms with Gasteiger partial charge >= 0.3 is 0 Å². The van der Waals surface area contributed by atoms with E-state index in [-0.39, 0.29) is 11.1 Å². The standard InChI is InChI=1S/C11H10ClFN2S/c1-7(11-5-16-6-14-11)15-8-2-3-9(12)10(13)4-8/h2-7,15H,1H3. The van der Waals surface area contributed by atoms with Gasteiger partial charge in [0.25, 0.3) is 0 Å². The zero-order valence-corrected chi connectivity index (χ0v) is 10.1. The summed E-state index contributed by atoms with van der Waals surface area (Å²) >= 11 is 7.14. The van der Waals surface area contributed by atoms with Crippen molar-refractivity contribution in [2.24, 2.45) is 0 Å². The Morgan fingerprint density at radius 1 is 1.50 bits per heavy atom. The number of benzene rings is 1. The molecule has 1 atom stereocenters. The Morgan fingerprint density at radius 2 is 2.31 bits per heavy atom. The highest BCUT2D eigenvalue weighted by atomic mass is 35.5. The molecule has 0 aliphatic rings. The van der Waals surface area contributed by atoms with Crippen LogP contribution in [0.5, 0.6) is 0 Å². The van der Waals surface area contributed by atoms with Crippen LogP contribution in [-0.2, 0) is 0 Å². The minimum Gasteiger partial charge on any atom is -0.377 e. The van der Waals surface area contributed by atoms with Crippen LogP contribution in [0.3, 0.4) is 0 Å². The molecule has 2 aromatic rings. The molecule has 0 bridgehead atoms. The first kappa shape index (κ1) is 11.4. The van der Waals surface area contributed by atoms with Crippen molar-refractivity contribution in [1.82, 2.24) is 4.98 Å². The second-order valence-electron chi connectivity index (χ2n) is 3.41. The van der Waals surface area contributed by atoms with Crippen LogP contribution in [0.4, 0.5) is 10.1 Å². The third kappa shape index (κ3) is 2.51. The number of nitrogens with one attached hydrogen (secondary N) is 1. The summed E-state index contributed by atoms with van der Waals surface area (Å²) in [5, 5.41) is 5.25. The van der Waals surface area contributed by atoms with Crippen molar-refractivity contribution in [1.29, 1.82) is 0 Å². The van der Waals surface area contributed by atoms with Gasteiger partial charge in [-0.25, -0.2) is 9.37 Å². The number of halogens is 2. The fourth-order valence-electron chi connectivity index (χ4n) is 1.35. The van der Waals surface area contributed by atoms with Crippen molar-refractivity contribution in [3.8, 4) is 0 Å². The highest BCUT2D eigenvalue weighted by Crippen LogP contribution is 2.22. The lowest BCUT2D eigenvalue weighted by Crippen LogP contribution is -2.06. The molecule has 1 aromatic carbocycles. The summed E-state index contributed by atoms with van der Waals surface area (Å²) < 4.78 is 13.2. The molecular weight excluding hydrogens is 247 g/mol. The number of thiazole rings is 1. The van der Waals surface area contributed by atoms with Crippen LogP contribution in [0.2, 0.25) is 5.02 Å². The van der Waals surface area contributed by atoms with E-state index in [4.69, 9.17) is 11.6 Å². The van der Waals surface area contributed by atoms with Gasteiger partial charge in [-0.3, -0.25) is 0 Å². The fourth-order valence-corrected chi connectivity index (χ4v) is 2.11. The van der Waals surface area contributed by atoms with E-state index in [0.717, 1.165) is 5.69 Å². The normalized spacial score (nSPS) is 12.4. The van der Waals surface area contributed by atoms with E-state index in [9.17, 15) is 4.39 Å². The fraction of sp³-hybridized carbons (Fsp3) is 0.182. The number of nitrogens with zero attached hydrogens (tertiary/aromatic N) is 1. The highest BCUT2D eigenvalue weighted by molar-refractivity contribution is 7.07. The van der Waals surface area contributed by atoms with Gasteiger partial charge in [0.15, 0.2) is 0 Å². The van der Waals surface area contributed by atoms with Crippen molar-refractivity contribution in [3.05, 3.63) is 45.6 Å². The number of aromatic nitrogens is 1. The lowest BCUT2D eigenvalue weighted by molar-refractivity contribution is 0.628. The number of hydrogen-bond acceptors (Lipinski definition) is 3. The van der Waals surface area contributed by atoms with Gasteiger partial charge in [-0.2, -0.15) is 0 Å². The molecule has 0 radical (unpaired) electrons. The van der Waals surface area contributed by atoms with Gasteiger partial charge in [0.1, 0.15) is 5.82 Å². The summed E-state index contributed by atoms with van der Waals surface area (Å²) in [6, 6.07) is 4.71. The molecule has 0 spiro atoms. The van der Waals surface area contributed by atoms with Crippen LogP contribution in [0.1, 0.15) is 18.7 Å². The van der Waals surface area contributed by atoms with Gasteiger partial charge in [-0.1, -0.05) is 11.6 Å². The van der Waals surface area contributed by atoms with Crippen LogP contribution < -0.4 is 5.32 Å². The van der Waals surface area contributed by atoms with Crippen LogP contribution in [-0.4, -0.2) is 4.98 Å². The summed E-state index contributed by atoms with van der Waals surface area (Å²) in [4.78, 5) is 4.19. The molecule has 84 valence electrons. The second-order valence-corrected chi connectivity index (χ2v) is 4.53. The molecule has 2 nitrogen and oxygen atoms in total. The summed E-state index contributed by atoms with van der Waals surface area (Å²) in [7, 11) is 0. The largest absolute Gasteiger partial charge is 0.377 e. The molecule has 5 heteroatoms. The maximum Gasteiger partial charge on any atom is 0.143 e. The minimum atomic E-state index is -0.419. The molecule has 1 N–H and O–H groups in total. The van der Waals surface area contributed by atoms with Crippen molar-refractivity contribution >= 4 is 28.6 Å². The minimum absolute atomic E-state index is 0.0480. The molecule has 0 fully saturated rings. The molecule has 0 saturated heterocycles. The summed E-state index contributed by atoms with van der Waals surface area (Å²) in [6.07, 6.45) is 0. The molecule has 16 heavy (non-hydrogen) atoms. The molecular formula is C11H10ClFN2S. The van der Waals surface area contributed by atoms with E-state index in [1.54, 1.807) is 11.6 Å². The summed E-state index contributed by atoms with van der Waals surface area (Å²) in [5.74, 6) is -0.419. The lowest BCUT2D eigenvalue weighted by atomic mass is 10.2. The Balaban J connectivity index is 2.12. The van der Waals surface area contributed by atoms with Gasteiger partial charge in [0.05, 0.1) is 22.3 Å². The van der Waals surface area contributed by atoms with E-state index >= 15 is 0 Å². The molecule has 0 aliphatic carbocycles. The molecule has 0 aliphatic heterocycles. The molecule has 2 rings (SSSR count). The van der Waals surface area contributed by atoms with Crippen molar-refractivity contribution < 1.29 is 4.39 Å². The first-order chi connectivity index (χ1) is 7.66. The van der Waals surface area contributed by atoms with Crippen LogP contribution in [0.15, 0.2) is 29.1 Å². The highest BCUT2D eigenvalue weighted by Gasteiger charge is 2.08. The average Bonchev–Trinajstić information content (AvgIpc) is 2.77. The van der Waals surface area contributed by atoms with Crippen molar-refractivity contribution in [3.63, 3.8) is 0 Å². The van der Waals surface area contributed by atoms with Gasteiger partial charge in [-0.05, 0) is 25.1 Å². The van der Waals surface area contributed by atoms with E-state index in [1.165, 1.54) is 23.5 Å². The van der Waals surface area contributed by atoms with E-state index in [1.807, 2.05) is 12.3 Å². The Labute approximate surface area is 102 Å². The van der Waals surface area contributed by atoms with Crippen molar-refractivity contribution in [2.45, 2.75) is 13.0 Å². The SMILES string of the molecule is CC(Nc1ccc(Cl)c(F)c1)c1cscn1. The topological polar surface area (TPSA) is 24.9 Å². The van der Waals surface area contributed by atoms with Crippen LogP contribution >= 0.6 is 22.9 Å². The first-order valence-corrected chi connectivity index (χ1v) is 6.08. The predicted molar refractivity (Wildman–Crippen MR) is 65.6 cm³/mol. The van der Waals surface area contributed by atoms with Crippen LogP contribution in [0.25, 0.3) is 0 Å². The molecule has 0 amide bonds. The second kappa shape index (κ2) is 4.80. The van der Waals surface area contributed by atoms with Gasteiger partial charge in [0.2, 0.25) is 0 Å². The van der Waals surface area contributed by atoms with Crippen molar-refractivity contribution in [2.75, 3.05) is 5.32 Å². The maximum atomic E-state index is 13.2. The average molecular weight is 257 g/mol. The van der Waals surface area contributed by atoms with Gasteiger partial charge in [0, 0.05) is 11.1 Å². The zero-order valence-electron chi connectivity index (χ0n) is 8.58. The zero-order chi connectivity index (χ0) is 11.5. The smallest absolute Gasteiger partial charge is 0.143 e. The van der Waals surface area contributed by atoms with E-state index < -0.39 is 5.82 Å². The Morgan fingerprint density at radius 3 is 2.94 bits per heavy atom. The number of rotatable bonds is 3. The van der Waals surface area contributed by atoms with Gasteiger partial charge in [-0.15, -0.1) is 11.3 Å². The Hall–Kier alpha value is -1.13. The molecule has 1 aromatic heterocycles. The third-order valence-electron chi connectivity index (χ3n) is 2.20. The third-order valence-corrected chi connectivity index (χ3v) is 3.11. The predicted octanol–water partition coefficient (Wildman–Crippen LogP) is 4.11. The first-order valence-electron chi connectivity index (χ1n) is 4.76. The van der Waals surface area contributed by atoms with Gasteiger partial charge < -0.3 is 5.32 Å². The quantitative estimate of drug-likeness (QED) is 0.894. The molecule has 1 heterocycles. The number of anilines is 1. The monoisotopic (exact) mass is 256 g/mol. The van der Waals surface area contributed by atoms with Crippen LogP contribution in [0, 0.1) is 5.82 Å². The lowest BCUT2D eigenvalue weighted by Gasteiger charge is -2.13. The summed E-state index contributed by atoms with van der Waals surface area (Å²) in [5.41, 5.74) is 3.42. The Kier molecular flexibility index (Phi) is 3.41. The van der Waals surface area contributed by atoms with E-state index in [2.05, 4.69) is 10.3 Å². The maximum absolute atomic E-state index is 13.2. The van der Waals surface area contributed by atoms with E-state index in [0.29, 0.717) is 5.69 Å². The molecule has 1 unspecified atom stereocenters.